The van der Waals surface area contributed by atoms with E-state index in [0.717, 1.165) is 19.3 Å². The molecule has 1 aliphatic rings. The van der Waals surface area contributed by atoms with E-state index in [1.54, 1.807) is 0 Å². The van der Waals surface area contributed by atoms with Crippen molar-refractivity contribution in [3.8, 4) is 0 Å². The molecule has 1 saturated carbocycles. The first-order valence-electron chi connectivity index (χ1n) is 8.00. The monoisotopic (exact) mass is 303 g/mol. The first-order valence-corrected chi connectivity index (χ1v) is 8.82. The standard InChI is InChI=1S/C18H25NOS/c1-13-6-5-9-18(20,11-13)12-19-14(2)17-10-15-7-3-4-8-16(15)21-17/h3-4,7-8,10,13-14,19-20H,5-6,9,11-12H2,1-2H3. The van der Waals surface area contributed by atoms with Gasteiger partial charge < -0.3 is 10.4 Å². The predicted octanol–water partition coefficient (Wildman–Crippen LogP) is 4.49. The van der Waals surface area contributed by atoms with Crippen molar-refractivity contribution >= 4 is 21.4 Å². The van der Waals surface area contributed by atoms with Crippen molar-refractivity contribution in [1.29, 1.82) is 0 Å². The molecule has 1 fully saturated rings. The number of hydrogen-bond acceptors (Lipinski definition) is 3. The number of nitrogens with one attached hydrogen (secondary N) is 1. The summed E-state index contributed by atoms with van der Waals surface area (Å²) in [5.74, 6) is 0.644. The zero-order valence-corrected chi connectivity index (χ0v) is 13.7. The molecule has 2 nitrogen and oxygen atoms in total. The second-order valence-electron chi connectivity index (χ2n) is 6.72. The van der Waals surface area contributed by atoms with Crippen LogP contribution in [0.1, 0.15) is 50.4 Å². The number of rotatable bonds is 4. The summed E-state index contributed by atoms with van der Waals surface area (Å²) < 4.78 is 1.34. The Kier molecular flexibility index (Phi) is 4.34. The summed E-state index contributed by atoms with van der Waals surface area (Å²) in [4.78, 5) is 1.35. The van der Waals surface area contributed by atoms with E-state index in [9.17, 15) is 5.11 Å². The van der Waals surface area contributed by atoms with Crippen LogP contribution in [0.4, 0.5) is 0 Å². The van der Waals surface area contributed by atoms with Crippen LogP contribution in [0.25, 0.3) is 10.1 Å². The van der Waals surface area contributed by atoms with Gasteiger partial charge in [0.1, 0.15) is 0 Å². The molecule has 3 heteroatoms. The molecular formula is C18H25NOS. The molecule has 0 saturated heterocycles. The topological polar surface area (TPSA) is 32.3 Å². The van der Waals surface area contributed by atoms with Crippen molar-refractivity contribution < 1.29 is 5.11 Å². The molecule has 0 radical (unpaired) electrons. The van der Waals surface area contributed by atoms with Crippen molar-refractivity contribution in [1.82, 2.24) is 5.32 Å². The fraction of sp³-hybridized carbons (Fsp3) is 0.556. The normalized spacial score (nSPS) is 27.9. The quantitative estimate of drug-likeness (QED) is 0.872. The molecule has 1 heterocycles. The highest BCUT2D eigenvalue weighted by atomic mass is 32.1. The lowest BCUT2D eigenvalue weighted by atomic mass is 9.79. The second-order valence-corrected chi connectivity index (χ2v) is 7.83. The zero-order valence-electron chi connectivity index (χ0n) is 12.9. The molecule has 2 N–H and O–H groups in total. The Balaban J connectivity index is 1.64. The van der Waals surface area contributed by atoms with Crippen LogP contribution in [-0.2, 0) is 0 Å². The summed E-state index contributed by atoms with van der Waals surface area (Å²) in [6.45, 7) is 5.15. The van der Waals surface area contributed by atoms with Crippen LogP contribution >= 0.6 is 11.3 Å². The minimum atomic E-state index is -0.511. The molecule has 0 spiro atoms. The minimum absolute atomic E-state index is 0.295. The maximum absolute atomic E-state index is 10.7. The molecular weight excluding hydrogens is 278 g/mol. The van der Waals surface area contributed by atoms with Gasteiger partial charge in [0, 0.05) is 22.2 Å². The van der Waals surface area contributed by atoms with Gasteiger partial charge in [0.15, 0.2) is 0 Å². The van der Waals surface area contributed by atoms with Crippen LogP contribution in [0, 0.1) is 5.92 Å². The fourth-order valence-corrected chi connectivity index (χ4v) is 4.54. The highest BCUT2D eigenvalue weighted by Crippen LogP contribution is 2.33. The number of thiophene rings is 1. The van der Waals surface area contributed by atoms with E-state index >= 15 is 0 Å². The summed E-state index contributed by atoms with van der Waals surface area (Å²) in [5, 5.41) is 15.6. The third-order valence-corrected chi connectivity index (χ3v) is 5.97. The molecule has 1 aromatic carbocycles. The average molecular weight is 303 g/mol. The molecule has 0 amide bonds. The van der Waals surface area contributed by atoms with E-state index in [1.807, 2.05) is 11.3 Å². The van der Waals surface area contributed by atoms with Crippen LogP contribution in [0.2, 0.25) is 0 Å². The molecule has 114 valence electrons. The van der Waals surface area contributed by atoms with E-state index < -0.39 is 5.60 Å². The average Bonchev–Trinajstić information content (AvgIpc) is 2.88. The van der Waals surface area contributed by atoms with Crippen LogP contribution < -0.4 is 5.32 Å². The third-order valence-electron chi connectivity index (χ3n) is 4.68. The van der Waals surface area contributed by atoms with E-state index in [0.29, 0.717) is 18.5 Å². The van der Waals surface area contributed by atoms with Gasteiger partial charge in [-0.1, -0.05) is 38.0 Å². The fourth-order valence-electron chi connectivity index (χ4n) is 3.45. The minimum Gasteiger partial charge on any atom is -0.389 e. The lowest BCUT2D eigenvalue weighted by Gasteiger charge is -2.36. The lowest BCUT2D eigenvalue weighted by Crippen LogP contribution is -2.44. The van der Waals surface area contributed by atoms with Gasteiger partial charge in [0.05, 0.1) is 5.60 Å². The zero-order chi connectivity index (χ0) is 14.9. The maximum Gasteiger partial charge on any atom is 0.0774 e. The summed E-state index contributed by atoms with van der Waals surface area (Å²) in [7, 11) is 0. The van der Waals surface area contributed by atoms with Gasteiger partial charge in [0.25, 0.3) is 0 Å². The van der Waals surface area contributed by atoms with Crippen LogP contribution in [0.5, 0.6) is 0 Å². The molecule has 0 bridgehead atoms. The van der Waals surface area contributed by atoms with Crippen molar-refractivity contribution in [2.75, 3.05) is 6.54 Å². The Labute approximate surface area is 131 Å². The maximum atomic E-state index is 10.7. The Morgan fingerprint density at radius 3 is 3.00 bits per heavy atom. The summed E-state index contributed by atoms with van der Waals surface area (Å²) >= 11 is 1.85. The van der Waals surface area contributed by atoms with E-state index in [2.05, 4.69) is 49.5 Å². The van der Waals surface area contributed by atoms with Crippen molar-refractivity contribution in [3.63, 3.8) is 0 Å². The molecule has 2 aromatic rings. The van der Waals surface area contributed by atoms with Crippen LogP contribution in [-0.4, -0.2) is 17.3 Å². The van der Waals surface area contributed by atoms with Gasteiger partial charge in [-0.05, 0) is 43.2 Å². The van der Waals surface area contributed by atoms with E-state index in [1.165, 1.54) is 21.4 Å². The van der Waals surface area contributed by atoms with Gasteiger partial charge in [-0.2, -0.15) is 0 Å². The molecule has 1 aromatic heterocycles. The second kappa shape index (κ2) is 6.07. The SMILES string of the molecule is CC1CCCC(O)(CNC(C)c2cc3ccccc3s2)C1. The molecule has 21 heavy (non-hydrogen) atoms. The predicted molar refractivity (Wildman–Crippen MR) is 90.8 cm³/mol. The lowest BCUT2D eigenvalue weighted by molar-refractivity contribution is -0.0133. The van der Waals surface area contributed by atoms with E-state index in [-0.39, 0.29) is 0 Å². The summed E-state index contributed by atoms with van der Waals surface area (Å²) in [6.07, 6.45) is 4.27. The molecule has 1 aliphatic carbocycles. The summed E-state index contributed by atoms with van der Waals surface area (Å²) in [5.41, 5.74) is -0.511. The van der Waals surface area contributed by atoms with Crippen molar-refractivity contribution in [2.45, 2.75) is 51.2 Å². The molecule has 3 unspecified atom stereocenters. The van der Waals surface area contributed by atoms with Gasteiger partial charge in [0.2, 0.25) is 0 Å². The van der Waals surface area contributed by atoms with Gasteiger partial charge in [-0.3, -0.25) is 0 Å². The number of aliphatic hydroxyl groups is 1. The molecule has 3 atom stereocenters. The number of benzene rings is 1. The first kappa shape index (κ1) is 15.0. The van der Waals surface area contributed by atoms with E-state index in [4.69, 9.17) is 0 Å². The third kappa shape index (κ3) is 3.47. The Morgan fingerprint density at radius 2 is 2.24 bits per heavy atom. The van der Waals surface area contributed by atoms with Gasteiger partial charge in [-0.25, -0.2) is 0 Å². The van der Waals surface area contributed by atoms with Crippen molar-refractivity contribution in [3.05, 3.63) is 35.2 Å². The van der Waals surface area contributed by atoms with Gasteiger partial charge >= 0.3 is 0 Å². The van der Waals surface area contributed by atoms with Crippen molar-refractivity contribution in [2.24, 2.45) is 5.92 Å². The highest BCUT2D eigenvalue weighted by molar-refractivity contribution is 7.19. The smallest absolute Gasteiger partial charge is 0.0774 e. The Bertz CT molecular complexity index is 575. The van der Waals surface area contributed by atoms with Crippen LogP contribution in [0.15, 0.2) is 30.3 Å². The number of fused-ring (bicyclic) bond motifs is 1. The Morgan fingerprint density at radius 1 is 1.43 bits per heavy atom. The highest BCUT2D eigenvalue weighted by Gasteiger charge is 2.32. The van der Waals surface area contributed by atoms with Crippen LogP contribution in [0.3, 0.4) is 0 Å². The first-order chi connectivity index (χ1) is 10.1. The van der Waals surface area contributed by atoms with Gasteiger partial charge in [-0.15, -0.1) is 11.3 Å². The number of hydrogen-bond donors (Lipinski definition) is 2. The Hall–Kier alpha value is -0.900. The molecule has 0 aliphatic heterocycles. The molecule has 3 rings (SSSR count). The largest absolute Gasteiger partial charge is 0.389 e. The summed E-state index contributed by atoms with van der Waals surface area (Å²) in [6, 6.07) is 11.1.